The van der Waals surface area contributed by atoms with E-state index in [1.54, 1.807) is 26.0 Å². The predicted octanol–water partition coefficient (Wildman–Crippen LogP) is 1.65. The van der Waals surface area contributed by atoms with Gasteiger partial charge in [-0.2, -0.15) is 0 Å². The lowest BCUT2D eigenvalue weighted by atomic mass is 9.85. The van der Waals surface area contributed by atoms with Gasteiger partial charge in [-0.1, -0.05) is 24.2 Å². The molecular weight excluding hydrogens is 261 g/mol. The van der Waals surface area contributed by atoms with Crippen LogP contribution in [0.15, 0.2) is 29.4 Å². The Morgan fingerprint density at radius 2 is 2.05 bits per heavy atom. The second kappa shape index (κ2) is 6.88. The van der Waals surface area contributed by atoms with Gasteiger partial charge in [0.1, 0.15) is 11.2 Å². The molecule has 1 amide bonds. The van der Waals surface area contributed by atoms with Gasteiger partial charge in [-0.15, -0.1) is 0 Å². The summed E-state index contributed by atoms with van der Waals surface area (Å²) in [6.07, 6.45) is 1.01. The molecule has 110 valence electrons. The van der Waals surface area contributed by atoms with Crippen LogP contribution in [0.3, 0.4) is 0 Å². The smallest absolute Gasteiger partial charge is 0.233 e. The highest BCUT2D eigenvalue weighted by atomic mass is 19.1. The van der Waals surface area contributed by atoms with Crippen LogP contribution >= 0.6 is 0 Å². The van der Waals surface area contributed by atoms with Crippen LogP contribution in [0.5, 0.6) is 0 Å². The molecule has 0 aliphatic rings. The molecule has 0 aliphatic heterocycles. The first-order chi connectivity index (χ1) is 9.43. The number of carbonyl (C=O) groups excluding carboxylic acids is 1. The van der Waals surface area contributed by atoms with Gasteiger partial charge in [-0.25, -0.2) is 4.39 Å². The minimum Gasteiger partial charge on any atom is -0.409 e. The van der Waals surface area contributed by atoms with Crippen LogP contribution < -0.4 is 11.1 Å². The largest absolute Gasteiger partial charge is 0.409 e. The zero-order valence-corrected chi connectivity index (χ0v) is 11.7. The molecule has 0 radical (unpaired) electrons. The van der Waals surface area contributed by atoms with Crippen molar-refractivity contribution in [2.45, 2.75) is 26.7 Å². The molecule has 0 saturated heterocycles. The van der Waals surface area contributed by atoms with Gasteiger partial charge in [0.25, 0.3) is 0 Å². The van der Waals surface area contributed by atoms with Crippen LogP contribution in [-0.4, -0.2) is 23.5 Å². The fraction of sp³-hybridized carbons (Fsp3) is 0.429. The highest BCUT2D eigenvalue weighted by Gasteiger charge is 2.35. The van der Waals surface area contributed by atoms with Crippen LogP contribution in [0.1, 0.15) is 25.8 Å². The Balaban J connectivity index is 2.56. The number of nitrogens with one attached hydrogen (secondary N) is 1. The number of carbonyl (C=O) groups is 1. The number of nitrogens with zero attached hydrogens (tertiary/aromatic N) is 1. The molecule has 0 spiro atoms. The first-order valence-corrected chi connectivity index (χ1v) is 6.44. The van der Waals surface area contributed by atoms with Crippen LogP contribution in [-0.2, 0) is 11.2 Å². The molecule has 1 aromatic rings. The minimum absolute atomic E-state index is 0.112. The second-order valence-electron chi connectivity index (χ2n) is 4.80. The summed E-state index contributed by atoms with van der Waals surface area (Å²) in [5, 5.41) is 14.4. The van der Waals surface area contributed by atoms with E-state index in [9.17, 15) is 9.18 Å². The molecule has 20 heavy (non-hydrogen) atoms. The number of amides is 1. The summed E-state index contributed by atoms with van der Waals surface area (Å²) in [5.74, 6) is -0.694. The molecule has 1 atom stereocenters. The summed E-state index contributed by atoms with van der Waals surface area (Å²) in [7, 11) is 0. The zero-order chi connectivity index (χ0) is 15.2. The first kappa shape index (κ1) is 15.9. The summed E-state index contributed by atoms with van der Waals surface area (Å²) < 4.78 is 12.7. The van der Waals surface area contributed by atoms with Gasteiger partial charge in [0.15, 0.2) is 5.84 Å². The number of nitrogens with two attached hydrogens (primary N) is 1. The van der Waals surface area contributed by atoms with E-state index >= 15 is 0 Å². The van der Waals surface area contributed by atoms with Gasteiger partial charge in [-0.3, -0.25) is 4.79 Å². The average Bonchev–Trinajstić information content (AvgIpc) is 2.47. The average molecular weight is 281 g/mol. The number of rotatable bonds is 6. The highest BCUT2D eigenvalue weighted by Crippen LogP contribution is 2.21. The number of halogens is 1. The number of oxime groups is 1. The van der Waals surface area contributed by atoms with Crippen molar-refractivity contribution in [1.82, 2.24) is 5.32 Å². The predicted molar refractivity (Wildman–Crippen MR) is 74.9 cm³/mol. The summed E-state index contributed by atoms with van der Waals surface area (Å²) in [6, 6.07) is 6.10. The molecule has 1 aromatic carbocycles. The normalized spacial score (nSPS) is 14.7. The lowest BCUT2D eigenvalue weighted by Crippen LogP contribution is -2.48. The molecule has 0 saturated carbocycles. The fourth-order valence-electron chi connectivity index (χ4n) is 1.73. The van der Waals surface area contributed by atoms with E-state index in [-0.39, 0.29) is 17.6 Å². The molecule has 0 bridgehead atoms. The van der Waals surface area contributed by atoms with E-state index in [1.165, 1.54) is 12.1 Å². The molecule has 0 fully saturated rings. The van der Waals surface area contributed by atoms with Crippen molar-refractivity contribution in [2.75, 3.05) is 6.54 Å². The summed E-state index contributed by atoms with van der Waals surface area (Å²) in [6.45, 7) is 3.81. The van der Waals surface area contributed by atoms with Crippen molar-refractivity contribution >= 4 is 11.7 Å². The SMILES string of the molecule is CCC(C)(C(=O)NCCc1ccc(F)cc1)/C(N)=N/O. The van der Waals surface area contributed by atoms with E-state index in [0.29, 0.717) is 19.4 Å². The van der Waals surface area contributed by atoms with Gasteiger partial charge >= 0.3 is 0 Å². The lowest BCUT2D eigenvalue weighted by molar-refractivity contribution is -0.127. The van der Waals surface area contributed by atoms with Crippen molar-refractivity contribution in [1.29, 1.82) is 0 Å². The van der Waals surface area contributed by atoms with Crippen molar-refractivity contribution in [3.05, 3.63) is 35.6 Å². The minimum atomic E-state index is -1.03. The van der Waals surface area contributed by atoms with Crippen molar-refractivity contribution < 1.29 is 14.4 Å². The third-order valence-electron chi connectivity index (χ3n) is 3.49. The van der Waals surface area contributed by atoms with Crippen LogP contribution in [0.2, 0.25) is 0 Å². The highest BCUT2D eigenvalue weighted by molar-refractivity contribution is 6.06. The molecule has 0 heterocycles. The van der Waals surface area contributed by atoms with Gasteiger partial charge < -0.3 is 16.3 Å². The standard InChI is InChI=1S/C14H20FN3O2/c1-3-14(2,12(16)18-20)13(19)17-9-8-10-4-6-11(15)7-5-10/h4-7,20H,3,8-9H2,1-2H3,(H2,16,18)(H,17,19). The van der Waals surface area contributed by atoms with E-state index in [1.807, 2.05) is 0 Å². The Kier molecular flexibility index (Phi) is 5.49. The number of hydrogen-bond acceptors (Lipinski definition) is 3. The second-order valence-corrected chi connectivity index (χ2v) is 4.80. The maximum atomic E-state index is 12.7. The Morgan fingerprint density at radius 3 is 2.55 bits per heavy atom. The van der Waals surface area contributed by atoms with Crippen LogP contribution in [0.4, 0.5) is 4.39 Å². The molecular formula is C14H20FN3O2. The Hall–Kier alpha value is -2.11. The maximum absolute atomic E-state index is 12.7. The summed E-state index contributed by atoms with van der Waals surface area (Å²) in [5.41, 5.74) is 5.45. The quantitative estimate of drug-likeness (QED) is 0.320. The van der Waals surface area contributed by atoms with Crippen LogP contribution in [0.25, 0.3) is 0 Å². The van der Waals surface area contributed by atoms with E-state index in [4.69, 9.17) is 10.9 Å². The third-order valence-corrected chi connectivity index (χ3v) is 3.49. The van der Waals surface area contributed by atoms with Crippen molar-refractivity contribution in [2.24, 2.45) is 16.3 Å². The fourth-order valence-corrected chi connectivity index (χ4v) is 1.73. The lowest BCUT2D eigenvalue weighted by Gasteiger charge is -2.25. The number of amidine groups is 1. The van der Waals surface area contributed by atoms with Gasteiger partial charge in [0.2, 0.25) is 5.91 Å². The van der Waals surface area contributed by atoms with Gasteiger partial charge in [0.05, 0.1) is 0 Å². The van der Waals surface area contributed by atoms with Crippen LogP contribution in [0, 0.1) is 11.2 Å². The molecule has 6 heteroatoms. The van der Waals surface area contributed by atoms with E-state index in [2.05, 4.69) is 10.5 Å². The first-order valence-electron chi connectivity index (χ1n) is 6.44. The van der Waals surface area contributed by atoms with E-state index in [0.717, 1.165) is 5.56 Å². The molecule has 1 unspecified atom stereocenters. The summed E-state index contributed by atoms with van der Waals surface area (Å²) in [4.78, 5) is 12.1. The Morgan fingerprint density at radius 1 is 1.45 bits per heavy atom. The van der Waals surface area contributed by atoms with Gasteiger partial charge in [-0.05, 0) is 37.5 Å². The monoisotopic (exact) mass is 281 g/mol. The molecule has 5 nitrogen and oxygen atoms in total. The molecule has 0 aliphatic carbocycles. The zero-order valence-electron chi connectivity index (χ0n) is 11.7. The number of hydrogen-bond donors (Lipinski definition) is 3. The molecule has 4 N–H and O–H groups in total. The van der Waals surface area contributed by atoms with Gasteiger partial charge in [0, 0.05) is 6.54 Å². The van der Waals surface area contributed by atoms with Crippen molar-refractivity contribution in [3.8, 4) is 0 Å². The summed E-state index contributed by atoms with van der Waals surface area (Å²) >= 11 is 0. The van der Waals surface area contributed by atoms with Crippen molar-refractivity contribution in [3.63, 3.8) is 0 Å². The third kappa shape index (κ3) is 3.69. The van der Waals surface area contributed by atoms with E-state index < -0.39 is 5.41 Å². The maximum Gasteiger partial charge on any atom is 0.233 e. The molecule has 1 rings (SSSR count). The molecule has 0 aromatic heterocycles. The Bertz CT molecular complexity index is 488. The topological polar surface area (TPSA) is 87.7 Å². The Labute approximate surface area is 117 Å². The number of benzene rings is 1.